The molecule has 3 rings (SSSR count). The van der Waals surface area contributed by atoms with Gasteiger partial charge in [0.05, 0.1) is 17.9 Å². The van der Waals surface area contributed by atoms with Gasteiger partial charge in [-0.05, 0) is 36.8 Å². The van der Waals surface area contributed by atoms with Crippen LogP contribution in [0.15, 0.2) is 16.7 Å². The Bertz CT molecular complexity index is 858. The maximum absolute atomic E-state index is 12.7. The number of carbonyl (C=O) groups excluding carboxylic acids is 1. The molecule has 0 saturated heterocycles. The molecular weight excluding hydrogens is 366 g/mol. The lowest BCUT2D eigenvalue weighted by atomic mass is 9.92. The van der Waals surface area contributed by atoms with Crippen LogP contribution in [0.1, 0.15) is 62.7 Å². The fourth-order valence-electron chi connectivity index (χ4n) is 3.30. The normalized spacial score (nSPS) is 14.3. The van der Waals surface area contributed by atoms with E-state index >= 15 is 0 Å². The molecule has 0 radical (unpaired) electrons. The van der Waals surface area contributed by atoms with Crippen molar-refractivity contribution in [1.82, 2.24) is 10.1 Å². The Labute approximate surface area is 163 Å². The summed E-state index contributed by atoms with van der Waals surface area (Å²) in [7, 11) is 0. The molecule has 6 nitrogen and oxygen atoms in total. The third kappa shape index (κ3) is 4.85. The van der Waals surface area contributed by atoms with Crippen LogP contribution >= 0.6 is 0 Å². The number of anilines is 2. The Kier molecular flexibility index (Phi) is 5.67. The van der Waals surface area contributed by atoms with Crippen molar-refractivity contribution in [3.05, 3.63) is 34.8 Å². The first-order valence-electron chi connectivity index (χ1n) is 9.41. The topological polar surface area (TPSA) is 71.3 Å². The lowest BCUT2D eigenvalue weighted by Gasteiger charge is -2.30. The number of amides is 1. The van der Waals surface area contributed by atoms with Gasteiger partial charge >= 0.3 is 0 Å². The van der Waals surface area contributed by atoms with Gasteiger partial charge in [-0.15, -0.1) is 0 Å². The molecule has 0 fully saturated rings. The lowest BCUT2D eigenvalue weighted by Crippen LogP contribution is -2.30. The Morgan fingerprint density at radius 2 is 2.11 bits per heavy atom. The molecule has 2 aromatic rings. The van der Waals surface area contributed by atoms with Crippen LogP contribution in [0.2, 0.25) is 0 Å². The molecule has 3 heterocycles. The number of hydrogen-bond donors (Lipinski definition) is 1. The summed E-state index contributed by atoms with van der Waals surface area (Å²) in [5.41, 5.74) is 2.23. The van der Waals surface area contributed by atoms with E-state index in [0.717, 1.165) is 36.3 Å². The molecular formula is C20H26F2N4O2. The van der Waals surface area contributed by atoms with Gasteiger partial charge in [-0.2, -0.15) is 0 Å². The van der Waals surface area contributed by atoms with Crippen LogP contribution in [0.3, 0.4) is 0 Å². The van der Waals surface area contributed by atoms with E-state index in [1.807, 2.05) is 33.8 Å². The smallest absolute Gasteiger partial charge is 0.283 e. The average molecular weight is 392 g/mol. The van der Waals surface area contributed by atoms with Crippen molar-refractivity contribution in [2.75, 3.05) is 16.8 Å². The van der Waals surface area contributed by atoms with Gasteiger partial charge in [-0.1, -0.05) is 25.9 Å². The van der Waals surface area contributed by atoms with Crippen molar-refractivity contribution in [3.8, 4) is 0 Å². The van der Waals surface area contributed by atoms with Crippen LogP contribution in [0.25, 0.3) is 0 Å². The number of rotatable bonds is 5. The van der Waals surface area contributed by atoms with E-state index in [2.05, 4.69) is 20.4 Å². The number of nitrogens with zero attached hydrogens (tertiary/aromatic N) is 3. The highest BCUT2D eigenvalue weighted by atomic mass is 19.3. The van der Waals surface area contributed by atoms with Crippen molar-refractivity contribution >= 4 is 17.4 Å². The van der Waals surface area contributed by atoms with Gasteiger partial charge in [-0.3, -0.25) is 4.79 Å². The fraction of sp³-hybridized carbons (Fsp3) is 0.550. The van der Waals surface area contributed by atoms with E-state index in [-0.39, 0.29) is 17.0 Å². The number of alkyl halides is 2. The van der Waals surface area contributed by atoms with E-state index in [4.69, 9.17) is 4.52 Å². The van der Waals surface area contributed by atoms with Gasteiger partial charge < -0.3 is 14.7 Å². The molecule has 28 heavy (non-hydrogen) atoms. The molecule has 2 aromatic heterocycles. The molecule has 0 aromatic carbocycles. The van der Waals surface area contributed by atoms with E-state index in [0.29, 0.717) is 24.5 Å². The first-order chi connectivity index (χ1) is 13.1. The summed E-state index contributed by atoms with van der Waals surface area (Å²) < 4.78 is 30.5. The Morgan fingerprint density at radius 3 is 2.75 bits per heavy atom. The molecule has 1 aliphatic heterocycles. The molecule has 1 amide bonds. The summed E-state index contributed by atoms with van der Waals surface area (Å²) in [6.07, 6.45) is -0.550. The molecule has 0 atom stereocenters. The first-order valence-corrected chi connectivity index (χ1v) is 9.41. The second kappa shape index (κ2) is 7.85. The van der Waals surface area contributed by atoms with Crippen molar-refractivity contribution in [2.24, 2.45) is 5.41 Å². The highest BCUT2D eigenvalue weighted by molar-refractivity contribution is 5.91. The summed E-state index contributed by atoms with van der Waals surface area (Å²) in [5.74, 6) is 0.912. The zero-order chi connectivity index (χ0) is 20.5. The summed E-state index contributed by atoms with van der Waals surface area (Å²) in [6.45, 7) is 9.07. The van der Waals surface area contributed by atoms with Gasteiger partial charge in [0.1, 0.15) is 11.5 Å². The number of aryl methyl sites for hydroxylation is 2. The number of fused-ring (bicyclic) bond motifs is 1. The molecule has 1 N–H and O–H groups in total. The predicted octanol–water partition coefficient (Wildman–Crippen LogP) is 4.64. The van der Waals surface area contributed by atoms with Crippen molar-refractivity contribution in [1.29, 1.82) is 0 Å². The number of halogens is 2. The van der Waals surface area contributed by atoms with E-state index < -0.39 is 6.43 Å². The standard InChI is InChI=1S/C20H26F2N4O2/c1-12-8-16-14(23-19(12)24-17(27)10-20(2,3)4)6-5-7-26(16)11-13-9-15(18(21)22)25-28-13/h8-9,18H,5-7,10-11H2,1-4H3,(H,23,24,27). The zero-order valence-corrected chi connectivity index (χ0v) is 16.7. The number of carbonyl (C=O) groups is 1. The summed E-state index contributed by atoms with van der Waals surface area (Å²) in [4.78, 5) is 19.0. The third-order valence-corrected chi connectivity index (χ3v) is 4.55. The van der Waals surface area contributed by atoms with Gasteiger partial charge in [0.25, 0.3) is 6.43 Å². The fourth-order valence-corrected chi connectivity index (χ4v) is 3.30. The Balaban J connectivity index is 1.78. The summed E-state index contributed by atoms with van der Waals surface area (Å²) in [6, 6.07) is 3.28. The van der Waals surface area contributed by atoms with Crippen LogP contribution in [-0.2, 0) is 17.8 Å². The monoisotopic (exact) mass is 392 g/mol. The molecule has 8 heteroatoms. The van der Waals surface area contributed by atoms with Gasteiger partial charge in [0.15, 0.2) is 5.76 Å². The van der Waals surface area contributed by atoms with Gasteiger partial charge in [-0.25, -0.2) is 13.8 Å². The number of nitrogens with one attached hydrogen (secondary N) is 1. The number of aromatic nitrogens is 2. The third-order valence-electron chi connectivity index (χ3n) is 4.55. The van der Waals surface area contributed by atoms with Gasteiger partial charge in [0.2, 0.25) is 5.91 Å². The minimum Gasteiger partial charge on any atom is -0.362 e. The molecule has 0 saturated carbocycles. The quantitative estimate of drug-likeness (QED) is 0.802. The maximum atomic E-state index is 12.7. The van der Waals surface area contributed by atoms with E-state index in [9.17, 15) is 13.6 Å². The zero-order valence-electron chi connectivity index (χ0n) is 16.7. The maximum Gasteiger partial charge on any atom is 0.283 e. The van der Waals surface area contributed by atoms with E-state index in [1.54, 1.807) is 0 Å². The second-order valence-electron chi connectivity index (χ2n) is 8.45. The molecule has 152 valence electrons. The molecule has 0 bridgehead atoms. The summed E-state index contributed by atoms with van der Waals surface area (Å²) >= 11 is 0. The molecule has 0 aliphatic carbocycles. The lowest BCUT2D eigenvalue weighted by molar-refractivity contribution is -0.117. The van der Waals surface area contributed by atoms with Crippen molar-refractivity contribution in [2.45, 2.75) is 59.9 Å². The second-order valence-corrected chi connectivity index (χ2v) is 8.45. The molecule has 0 unspecified atom stereocenters. The van der Waals surface area contributed by atoms with Crippen LogP contribution in [0, 0.1) is 12.3 Å². The van der Waals surface area contributed by atoms with E-state index in [1.165, 1.54) is 6.07 Å². The largest absolute Gasteiger partial charge is 0.362 e. The van der Waals surface area contributed by atoms with Crippen molar-refractivity contribution < 1.29 is 18.1 Å². The SMILES string of the molecule is Cc1cc2c(nc1NC(=O)CC(C)(C)C)CCCN2Cc1cc(C(F)F)no1. The predicted molar refractivity (Wildman–Crippen MR) is 103 cm³/mol. The van der Waals surface area contributed by atoms with Crippen LogP contribution < -0.4 is 10.2 Å². The van der Waals surface area contributed by atoms with Crippen LogP contribution in [-0.4, -0.2) is 22.6 Å². The van der Waals surface area contributed by atoms with Crippen LogP contribution in [0.4, 0.5) is 20.3 Å². The Morgan fingerprint density at radius 1 is 1.36 bits per heavy atom. The molecule has 0 spiro atoms. The number of pyridine rings is 1. The average Bonchev–Trinajstić information content (AvgIpc) is 3.03. The summed E-state index contributed by atoms with van der Waals surface area (Å²) in [5, 5.41) is 6.33. The molecule has 1 aliphatic rings. The van der Waals surface area contributed by atoms with Gasteiger partial charge in [0, 0.05) is 19.0 Å². The highest BCUT2D eigenvalue weighted by Crippen LogP contribution is 2.31. The minimum absolute atomic E-state index is 0.0584. The first kappa shape index (κ1) is 20.2. The number of hydrogen-bond acceptors (Lipinski definition) is 5. The Hall–Kier alpha value is -2.51. The minimum atomic E-state index is -2.64. The highest BCUT2D eigenvalue weighted by Gasteiger charge is 2.23. The van der Waals surface area contributed by atoms with Crippen LogP contribution in [0.5, 0.6) is 0 Å². The van der Waals surface area contributed by atoms with Crippen molar-refractivity contribution in [3.63, 3.8) is 0 Å².